The van der Waals surface area contributed by atoms with Crippen LogP contribution in [0.5, 0.6) is 0 Å². The molecule has 0 radical (unpaired) electrons. The first kappa shape index (κ1) is 17.1. The summed E-state index contributed by atoms with van der Waals surface area (Å²) in [4.78, 5) is 1.66. The largest absolute Gasteiger partial charge is 0.416 e. The van der Waals surface area contributed by atoms with Crippen LogP contribution in [-0.2, 0) is 6.18 Å². The smallest absolute Gasteiger partial charge is 0.314 e. The van der Waals surface area contributed by atoms with Crippen LogP contribution >= 0.6 is 0 Å². The first-order chi connectivity index (χ1) is 10.2. The molecule has 1 aromatic carbocycles. The number of nitrogens with one attached hydrogen (secondary N) is 1. The van der Waals surface area contributed by atoms with Crippen LogP contribution < -0.4 is 5.32 Å². The third kappa shape index (κ3) is 4.61. The molecule has 1 aliphatic heterocycles. The summed E-state index contributed by atoms with van der Waals surface area (Å²) in [6.07, 6.45) is -9.94. The van der Waals surface area contributed by atoms with Gasteiger partial charge in [0.1, 0.15) is 0 Å². The summed E-state index contributed by atoms with van der Waals surface area (Å²) >= 11 is 0. The van der Waals surface area contributed by atoms with Crippen LogP contribution in [0.2, 0.25) is 0 Å². The molecule has 0 bridgehead atoms. The lowest BCUT2D eigenvalue weighted by atomic mass is 9.99. The first-order valence-corrected chi connectivity index (χ1v) is 6.85. The van der Waals surface area contributed by atoms with E-state index >= 15 is 0 Å². The Hall–Kier alpha value is -1.28. The van der Waals surface area contributed by atoms with Crippen molar-refractivity contribution in [1.82, 2.24) is 10.2 Å². The van der Waals surface area contributed by atoms with Gasteiger partial charge in [0, 0.05) is 32.2 Å². The zero-order valence-corrected chi connectivity index (χ0v) is 11.6. The monoisotopic (exact) mass is 326 g/mol. The van der Waals surface area contributed by atoms with E-state index in [2.05, 4.69) is 5.32 Å². The molecule has 1 heterocycles. The van der Waals surface area contributed by atoms with E-state index in [1.165, 1.54) is 0 Å². The lowest BCUT2D eigenvalue weighted by Gasteiger charge is -2.35. The molecule has 1 atom stereocenters. The molecule has 0 saturated carbocycles. The van der Waals surface area contributed by atoms with Gasteiger partial charge in [-0.3, -0.25) is 4.90 Å². The predicted molar refractivity (Wildman–Crippen MR) is 69.3 cm³/mol. The highest BCUT2D eigenvalue weighted by Gasteiger charge is 2.36. The Labute approximate surface area is 124 Å². The van der Waals surface area contributed by atoms with Gasteiger partial charge in [-0.2, -0.15) is 26.3 Å². The van der Waals surface area contributed by atoms with E-state index in [1.54, 1.807) is 4.90 Å². The van der Waals surface area contributed by atoms with Crippen LogP contribution in [0.4, 0.5) is 26.3 Å². The molecule has 0 unspecified atom stereocenters. The van der Waals surface area contributed by atoms with E-state index < -0.39 is 30.4 Å². The second-order valence-electron chi connectivity index (χ2n) is 5.24. The molecule has 124 valence electrons. The van der Waals surface area contributed by atoms with Crippen LogP contribution in [-0.4, -0.2) is 37.3 Å². The molecule has 2 nitrogen and oxygen atoms in total. The maximum Gasteiger partial charge on any atom is 0.416 e. The summed E-state index contributed by atoms with van der Waals surface area (Å²) in [5.74, 6) is 0. The van der Waals surface area contributed by atoms with E-state index in [0.29, 0.717) is 26.2 Å². The van der Waals surface area contributed by atoms with E-state index in [0.717, 1.165) is 24.3 Å². The average Bonchev–Trinajstić information content (AvgIpc) is 2.44. The van der Waals surface area contributed by atoms with Gasteiger partial charge in [-0.05, 0) is 17.7 Å². The van der Waals surface area contributed by atoms with Crippen LogP contribution in [0.1, 0.15) is 23.6 Å². The van der Waals surface area contributed by atoms with Crippen molar-refractivity contribution in [2.24, 2.45) is 0 Å². The minimum atomic E-state index is -4.49. The summed E-state index contributed by atoms with van der Waals surface area (Å²) in [6.45, 7) is 1.99. The maximum absolute atomic E-state index is 12.8. The normalized spacial score (nSPS) is 19.2. The molecule has 1 aliphatic rings. The second kappa shape index (κ2) is 6.45. The van der Waals surface area contributed by atoms with Crippen molar-refractivity contribution in [1.29, 1.82) is 0 Å². The molecule has 0 amide bonds. The second-order valence-corrected chi connectivity index (χ2v) is 5.24. The van der Waals surface area contributed by atoms with Gasteiger partial charge in [0.05, 0.1) is 12.0 Å². The van der Waals surface area contributed by atoms with Gasteiger partial charge >= 0.3 is 12.4 Å². The van der Waals surface area contributed by atoms with Crippen LogP contribution in [0, 0.1) is 0 Å². The Balaban J connectivity index is 2.23. The summed E-state index contributed by atoms with van der Waals surface area (Å²) < 4.78 is 76.0. The zero-order chi connectivity index (χ0) is 16.4. The van der Waals surface area contributed by atoms with Crippen LogP contribution in [0.3, 0.4) is 0 Å². The molecule has 1 fully saturated rings. The molecule has 1 N–H and O–H groups in total. The number of rotatable bonds is 3. The molecule has 1 aromatic rings. The van der Waals surface area contributed by atoms with E-state index in [1.807, 2.05) is 0 Å². The van der Waals surface area contributed by atoms with Gasteiger partial charge in [-0.1, -0.05) is 12.1 Å². The van der Waals surface area contributed by atoms with Crippen molar-refractivity contribution >= 4 is 0 Å². The maximum atomic E-state index is 12.8. The zero-order valence-electron chi connectivity index (χ0n) is 11.6. The van der Waals surface area contributed by atoms with Crippen molar-refractivity contribution < 1.29 is 26.3 Å². The SMILES string of the molecule is FC(F)(F)C[C@@H](c1ccc(C(F)(F)F)cc1)N1CCNCC1. The molecule has 22 heavy (non-hydrogen) atoms. The van der Waals surface area contributed by atoms with E-state index in [-0.39, 0.29) is 5.56 Å². The van der Waals surface area contributed by atoms with Gasteiger partial charge in [0.2, 0.25) is 0 Å². The quantitative estimate of drug-likeness (QED) is 0.854. The Bertz CT molecular complexity index is 474. The fourth-order valence-corrected chi connectivity index (χ4v) is 2.57. The fraction of sp³-hybridized carbons (Fsp3) is 0.571. The molecule has 0 spiro atoms. The molecule has 8 heteroatoms. The standard InChI is InChI=1S/C14H16F6N2/c15-13(16,17)9-12(22-7-5-21-6-8-22)10-1-3-11(4-2-10)14(18,19)20/h1-4,12,21H,5-9H2/t12-/m0/s1. The highest BCUT2D eigenvalue weighted by Crippen LogP contribution is 2.35. The van der Waals surface area contributed by atoms with Crippen LogP contribution in [0.25, 0.3) is 0 Å². The van der Waals surface area contributed by atoms with Gasteiger partial charge in [-0.25, -0.2) is 0 Å². The molecule has 0 aromatic heterocycles. The van der Waals surface area contributed by atoms with Crippen molar-refractivity contribution in [2.75, 3.05) is 26.2 Å². The lowest BCUT2D eigenvalue weighted by molar-refractivity contribution is -0.149. The number of halogens is 6. The Morgan fingerprint density at radius 2 is 1.50 bits per heavy atom. The Morgan fingerprint density at radius 3 is 1.95 bits per heavy atom. The minimum Gasteiger partial charge on any atom is -0.314 e. The number of alkyl halides is 6. The molecule has 2 rings (SSSR count). The lowest BCUT2D eigenvalue weighted by Crippen LogP contribution is -2.46. The highest BCUT2D eigenvalue weighted by molar-refractivity contribution is 5.27. The topological polar surface area (TPSA) is 15.3 Å². The molecule has 0 aliphatic carbocycles. The van der Waals surface area contributed by atoms with E-state index in [9.17, 15) is 26.3 Å². The van der Waals surface area contributed by atoms with Crippen LogP contribution in [0.15, 0.2) is 24.3 Å². The third-order valence-corrected chi connectivity index (χ3v) is 3.64. The van der Waals surface area contributed by atoms with Crippen molar-refractivity contribution in [2.45, 2.75) is 24.8 Å². The number of hydrogen-bond acceptors (Lipinski definition) is 2. The first-order valence-electron chi connectivity index (χ1n) is 6.85. The highest BCUT2D eigenvalue weighted by atomic mass is 19.4. The van der Waals surface area contributed by atoms with Gasteiger partial charge in [0.15, 0.2) is 0 Å². The predicted octanol–water partition coefficient (Wildman–Crippen LogP) is 3.60. The molecular formula is C14H16F6N2. The minimum absolute atomic E-state index is 0.257. The van der Waals surface area contributed by atoms with E-state index in [4.69, 9.17) is 0 Å². The molecular weight excluding hydrogens is 310 g/mol. The molecule has 1 saturated heterocycles. The van der Waals surface area contributed by atoms with Gasteiger partial charge in [-0.15, -0.1) is 0 Å². The third-order valence-electron chi connectivity index (χ3n) is 3.64. The number of benzene rings is 1. The van der Waals surface area contributed by atoms with Crippen molar-refractivity contribution in [3.8, 4) is 0 Å². The average molecular weight is 326 g/mol. The fourth-order valence-electron chi connectivity index (χ4n) is 2.57. The summed E-state index contributed by atoms with van der Waals surface area (Å²) in [7, 11) is 0. The summed E-state index contributed by atoms with van der Waals surface area (Å²) in [5, 5.41) is 3.04. The number of nitrogens with zero attached hydrogens (tertiary/aromatic N) is 1. The Morgan fingerprint density at radius 1 is 0.955 bits per heavy atom. The number of hydrogen-bond donors (Lipinski definition) is 1. The summed E-state index contributed by atoms with van der Waals surface area (Å²) in [5.41, 5.74) is -0.602. The summed E-state index contributed by atoms with van der Waals surface area (Å²) in [6, 6.07) is 2.99. The Kier molecular flexibility index (Phi) is 5.01. The van der Waals surface area contributed by atoms with Crippen molar-refractivity contribution in [3.63, 3.8) is 0 Å². The van der Waals surface area contributed by atoms with Gasteiger partial charge in [0.25, 0.3) is 0 Å². The van der Waals surface area contributed by atoms with Crippen molar-refractivity contribution in [3.05, 3.63) is 35.4 Å². The van der Waals surface area contributed by atoms with Gasteiger partial charge < -0.3 is 5.32 Å². The number of piperazine rings is 1.